The quantitative estimate of drug-likeness (QED) is 0.159. The van der Waals surface area contributed by atoms with Crippen LogP contribution in [0.1, 0.15) is 61.0 Å². The van der Waals surface area contributed by atoms with E-state index in [1.807, 2.05) is 55.4 Å². The van der Waals surface area contributed by atoms with Crippen LogP contribution in [0.2, 0.25) is 0 Å². The fourth-order valence-electron chi connectivity index (χ4n) is 7.55. The summed E-state index contributed by atoms with van der Waals surface area (Å²) in [5.41, 5.74) is 11.3. The summed E-state index contributed by atoms with van der Waals surface area (Å²) < 4.78 is 0. The summed E-state index contributed by atoms with van der Waals surface area (Å²) in [6.45, 7) is 18.2. The molecule has 0 aliphatic rings. The third kappa shape index (κ3) is 8.10. The fraction of sp³-hybridized carbons (Fsp3) is 0.164. The Hall–Kier alpha value is -5.98. The van der Waals surface area contributed by atoms with Crippen LogP contribution in [-0.2, 0) is 0 Å². The van der Waals surface area contributed by atoms with E-state index in [1.165, 1.54) is 93.2 Å². The van der Waals surface area contributed by atoms with Crippen molar-refractivity contribution >= 4 is 43.1 Å². The maximum Gasteiger partial charge on any atom is -0.00261 e. The lowest BCUT2D eigenvalue weighted by atomic mass is 9.84. The molecule has 0 saturated carbocycles. The zero-order valence-corrected chi connectivity index (χ0v) is 34.2. The van der Waals surface area contributed by atoms with Crippen molar-refractivity contribution in [2.45, 2.75) is 62.3 Å². The summed E-state index contributed by atoms with van der Waals surface area (Å²) in [7, 11) is 0. The first kappa shape index (κ1) is 40.2. The molecule has 0 bridgehead atoms. The molecule has 55 heavy (non-hydrogen) atoms. The molecule has 0 aliphatic carbocycles. The van der Waals surface area contributed by atoms with Gasteiger partial charge >= 0.3 is 0 Å². The number of aryl methyl sites for hydroxylation is 1. The highest BCUT2D eigenvalue weighted by Gasteiger charge is 2.18. The van der Waals surface area contributed by atoms with E-state index in [0.717, 1.165) is 0 Å². The summed E-state index contributed by atoms with van der Waals surface area (Å²) in [5, 5.41) is 10.2. The molecule has 9 aromatic rings. The fourth-order valence-corrected chi connectivity index (χ4v) is 7.55. The van der Waals surface area contributed by atoms with E-state index in [0.29, 0.717) is 0 Å². The highest BCUT2D eigenvalue weighted by molar-refractivity contribution is 6.22. The molecule has 0 amide bonds. The van der Waals surface area contributed by atoms with Gasteiger partial charge in [0.2, 0.25) is 0 Å². The molecular formula is C55H56. The Kier molecular flexibility index (Phi) is 14.2. The van der Waals surface area contributed by atoms with E-state index < -0.39 is 0 Å². The summed E-state index contributed by atoms with van der Waals surface area (Å²) in [4.78, 5) is 0. The SMILES string of the molecule is CC.CC.CC.CC.Cc1ccc2c(-c3cccc(-c4cccc5ccccc45)c3)c3ccccc3c(-c3cccc(-c4cccc5ccccc45)c3)c2c1. The molecule has 0 heteroatoms. The first-order valence-corrected chi connectivity index (χ1v) is 20.4. The second kappa shape index (κ2) is 19.4. The second-order valence-electron chi connectivity index (χ2n) is 12.6. The minimum atomic E-state index is 1.23. The Labute approximate surface area is 330 Å². The lowest BCUT2D eigenvalue weighted by molar-refractivity contribution is 1.50. The van der Waals surface area contributed by atoms with Crippen LogP contribution in [-0.4, -0.2) is 0 Å². The number of rotatable bonds is 4. The topological polar surface area (TPSA) is 0 Å². The number of fused-ring (bicyclic) bond motifs is 4. The van der Waals surface area contributed by atoms with Crippen LogP contribution in [0.25, 0.3) is 87.6 Å². The van der Waals surface area contributed by atoms with Crippen LogP contribution in [0.5, 0.6) is 0 Å². The number of hydrogen-bond acceptors (Lipinski definition) is 0. The molecule has 0 fully saturated rings. The lowest BCUT2D eigenvalue weighted by Gasteiger charge is -2.19. The zero-order chi connectivity index (χ0) is 39.3. The van der Waals surface area contributed by atoms with Gasteiger partial charge < -0.3 is 0 Å². The standard InChI is InChI=1S/C47H32.4C2H6/c1-31-26-27-44-45(28-31)47(37-19-9-17-35(30-37)41-25-11-15-33-13-3-5-21-39(33)41)43-23-7-6-22-42(43)46(44)36-18-8-16-34(29-36)40-24-10-14-32-12-2-4-20-38(32)40;4*1-2/h2-30H,1H3;4*1-2H3. The number of benzene rings is 9. The van der Waals surface area contributed by atoms with Crippen molar-refractivity contribution in [1.29, 1.82) is 0 Å². The van der Waals surface area contributed by atoms with E-state index in [2.05, 4.69) is 183 Å². The predicted octanol–water partition coefficient (Wildman–Crippen LogP) is 17.4. The Morgan fingerprint density at radius 3 is 1.07 bits per heavy atom. The maximum absolute atomic E-state index is 2.38. The van der Waals surface area contributed by atoms with E-state index in [-0.39, 0.29) is 0 Å². The molecule has 9 rings (SSSR count). The summed E-state index contributed by atoms with van der Waals surface area (Å²) >= 11 is 0. The van der Waals surface area contributed by atoms with Gasteiger partial charge in [0, 0.05) is 0 Å². The van der Waals surface area contributed by atoms with Crippen LogP contribution in [0.4, 0.5) is 0 Å². The summed E-state index contributed by atoms with van der Waals surface area (Å²) in [5.74, 6) is 0. The average Bonchev–Trinajstić information content (AvgIpc) is 3.28. The summed E-state index contributed by atoms with van der Waals surface area (Å²) in [6.07, 6.45) is 0. The molecule has 0 aliphatic heterocycles. The zero-order valence-electron chi connectivity index (χ0n) is 34.2. The molecule has 0 unspecified atom stereocenters. The Morgan fingerprint density at radius 1 is 0.255 bits per heavy atom. The second-order valence-corrected chi connectivity index (χ2v) is 12.6. The molecule has 0 nitrogen and oxygen atoms in total. The largest absolute Gasteiger partial charge is 0.0683 e. The van der Waals surface area contributed by atoms with Crippen LogP contribution < -0.4 is 0 Å². The van der Waals surface area contributed by atoms with E-state index >= 15 is 0 Å². The van der Waals surface area contributed by atoms with Crippen molar-refractivity contribution in [3.8, 4) is 44.5 Å². The van der Waals surface area contributed by atoms with Crippen molar-refractivity contribution in [2.24, 2.45) is 0 Å². The van der Waals surface area contributed by atoms with Gasteiger partial charge in [-0.2, -0.15) is 0 Å². The van der Waals surface area contributed by atoms with Crippen LogP contribution in [0.15, 0.2) is 176 Å². The molecule has 9 aromatic carbocycles. The van der Waals surface area contributed by atoms with Gasteiger partial charge in [0.25, 0.3) is 0 Å². The minimum Gasteiger partial charge on any atom is -0.0683 e. The molecule has 276 valence electrons. The van der Waals surface area contributed by atoms with Gasteiger partial charge in [-0.3, -0.25) is 0 Å². The Morgan fingerprint density at radius 2 is 0.600 bits per heavy atom. The van der Waals surface area contributed by atoms with Crippen molar-refractivity contribution in [1.82, 2.24) is 0 Å². The van der Waals surface area contributed by atoms with Crippen molar-refractivity contribution in [2.75, 3.05) is 0 Å². The molecular weight excluding hydrogens is 661 g/mol. The lowest BCUT2D eigenvalue weighted by Crippen LogP contribution is -1.92. The highest BCUT2D eigenvalue weighted by atomic mass is 14.2. The van der Waals surface area contributed by atoms with Crippen LogP contribution in [0, 0.1) is 6.92 Å². The van der Waals surface area contributed by atoms with Gasteiger partial charge in [-0.15, -0.1) is 0 Å². The molecule has 0 N–H and O–H groups in total. The third-order valence-corrected chi connectivity index (χ3v) is 9.68. The van der Waals surface area contributed by atoms with Gasteiger partial charge in [0.1, 0.15) is 0 Å². The first-order valence-electron chi connectivity index (χ1n) is 20.4. The Balaban J connectivity index is 0.000000683. The van der Waals surface area contributed by atoms with Gasteiger partial charge in [-0.1, -0.05) is 225 Å². The Bertz CT molecular complexity index is 2630. The average molecular weight is 717 g/mol. The van der Waals surface area contributed by atoms with Crippen LogP contribution in [0.3, 0.4) is 0 Å². The molecule has 0 atom stereocenters. The molecule has 0 aromatic heterocycles. The first-order chi connectivity index (χ1) is 27.2. The molecule has 0 heterocycles. The third-order valence-electron chi connectivity index (χ3n) is 9.68. The van der Waals surface area contributed by atoms with E-state index in [1.54, 1.807) is 0 Å². The van der Waals surface area contributed by atoms with Gasteiger partial charge in [0.05, 0.1) is 0 Å². The highest BCUT2D eigenvalue weighted by Crippen LogP contribution is 2.45. The van der Waals surface area contributed by atoms with E-state index in [4.69, 9.17) is 0 Å². The van der Waals surface area contributed by atoms with Crippen molar-refractivity contribution in [3.63, 3.8) is 0 Å². The molecule has 0 spiro atoms. The molecule has 0 saturated heterocycles. The summed E-state index contributed by atoms with van der Waals surface area (Å²) in [6, 6.07) is 64.7. The van der Waals surface area contributed by atoms with Gasteiger partial charge in [-0.25, -0.2) is 0 Å². The number of hydrogen-bond donors (Lipinski definition) is 0. The van der Waals surface area contributed by atoms with Crippen molar-refractivity contribution in [3.05, 3.63) is 181 Å². The molecule has 0 radical (unpaired) electrons. The monoisotopic (exact) mass is 716 g/mol. The van der Waals surface area contributed by atoms with E-state index in [9.17, 15) is 0 Å². The minimum absolute atomic E-state index is 1.23. The maximum atomic E-state index is 2.38. The predicted molar refractivity (Wildman–Crippen MR) is 248 cm³/mol. The van der Waals surface area contributed by atoms with Gasteiger partial charge in [0.15, 0.2) is 0 Å². The van der Waals surface area contributed by atoms with Crippen LogP contribution >= 0.6 is 0 Å². The van der Waals surface area contributed by atoms with Crippen molar-refractivity contribution < 1.29 is 0 Å². The normalized spacial score (nSPS) is 10.3. The van der Waals surface area contributed by atoms with Gasteiger partial charge in [-0.05, 0) is 107 Å². The smallest absolute Gasteiger partial charge is 0.00261 e.